The average Bonchev–Trinajstić information content (AvgIpc) is 3.53. The van der Waals surface area contributed by atoms with E-state index in [1.54, 1.807) is 16.0 Å². The molecule has 2 aromatic rings. The van der Waals surface area contributed by atoms with Crippen molar-refractivity contribution in [2.24, 2.45) is 16.8 Å². The van der Waals surface area contributed by atoms with E-state index in [0.717, 1.165) is 35.1 Å². The second-order valence-corrected chi connectivity index (χ2v) is 9.79. The van der Waals surface area contributed by atoms with Gasteiger partial charge in [0.05, 0.1) is 0 Å². The summed E-state index contributed by atoms with van der Waals surface area (Å²) in [6, 6.07) is 19.3. The number of aliphatic hydroxyl groups is 1. The van der Waals surface area contributed by atoms with Crippen molar-refractivity contribution in [3.63, 3.8) is 0 Å². The first-order valence-corrected chi connectivity index (χ1v) is 20.3. The predicted molar refractivity (Wildman–Crippen MR) is 180 cm³/mol. The predicted octanol–water partition coefficient (Wildman–Crippen LogP) is 6.68. The first-order chi connectivity index (χ1) is 19.1. The Labute approximate surface area is 267 Å². The molecule has 2 aromatic carbocycles. The van der Waals surface area contributed by atoms with Crippen molar-refractivity contribution in [1.29, 1.82) is 0 Å². The SMILES string of the molecule is C1=CN=CC1.II.O=C(OCc1ccccc1)N1CC(CI)C1.O=C(OCc1ccccc1)N1CC(CO)C1. The first-order valence-electron chi connectivity index (χ1n) is 12.5. The van der Waals surface area contributed by atoms with Crippen LogP contribution in [0.1, 0.15) is 17.5 Å². The molecule has 5 rings (SSSR count). The third-order valence-corrected chi connectivity index (χ3v) is 7.10. The molecule has 2 fully saturated rings. The van der Waals surface area contributed by atoms with Crippen LogP contribution in [-0.4, -0.2) is 70.5 Å². The molecule has 8 nitrogen and oxygen atoms in total. The van der Waals surface area contributed by atoms with Crippen LogP contribution in [0.5, 0.6) is 0 Å². The summed E-state index contributed by atoms with van der Waals surface area (Å²) in [5.41, 5.74) is 2.01. The molecule has 0 radical (unpaired) electrons. The van der Waals surface area contributed by atoms with Gasteiger partial charge in [-0.05, 0) is 11.1 Å². The number of benzene rings is 2. The van der Waals surface area contributed by atoms with Crippen molar-refractivity contribution in [2.75, 3.05) is 37.2 Å². The third-order valence-electron chi connectivity index (χ3n) is 5.86. The summed E-state index contributed by atoms with van der Waals surface area (Å²) < 4.78 is 11.5. The smallest absolute Gasteiger partial charge is 0.410 e. The maximum atomic E-state index is 11.6. The number of rotatable bonds is 6. The number of aliphatic hydroxyl groups excluding tert-OH is 1. The minimum absolute atomic E-state index is 0.141. The minimum Gasteiger partial charge on any atom is -0.445 e. The fourth-order valence-electron chi connectivity index (χ4n) is 3.58. The summed E-state index contributed by atoms with van der Waals surface area (Å²) in [6.07, 6.45) is 6.23. The number of carbonyl (C=O) groups is 2. The minimum atomic E-state index is -0.298. The Hall–Kier alpha value is -1.46. The number of carbonyl (C=O) groups excluding carboxylic acids is 2. The highest BCUT2D eigenvalue weighted by Crippen LogP contribution is 2.19. The number of hydrogen-bond acceptors (Lipinski definition) is 6. The van der Waals surface area contributed by atoms with Gasteiger partial charge in [-0.2, -0.15) is 0 Å². The monoisotopic (exact) mass is 873 g/mol. The van der Waals surface area contributed by atoms with E-state index < -0.39 is 0 Å². The molecule has 1 N–H and O–H groups in total. The van der Waals surface area contributed by atoms with Gasteiger partial charge in [0, 0.05) is 105 Å². The fourth-order valence-corrected chi connectivity index (χ4v) is 4.13. The molecule has 0 aliphatic carbocycles. The molecule has 0 saturated carbocycles. The Morgan fingerprint density at radius 1 is 0.821 bits per heavy atom. The van der Waals surface area contributed by atoms with Gasteiger partial charge in [-0.1, -0.05) is 89.3 Å². The molecule has 0 unspecified atom stereocenters. The second-order valence-electron chi connectivity index (χ2n) is 8.91. The molecule has 2 saturated heterocycles. The van der Waals surface area contributed by atoms with Gasteiger partial charge in [-0.3, -0.25) is 4.99 Å². The summed E-state index contributed by atoms with van der Waals surface area (Å²) in [7, 11) is 0. The van der Waals surface area contributed by atoms with Gasteiger partial charge < -0.3 is 24.4 Å². The summed E-state index contributed by atoms with van der Waals surface area (Å²) in [5, 5.41) is 8.81. The van der Waals surface area contributed by atoms with E-state index in [2.05, 4.69) is 64.8 Å². The van der Waals surface area contributed by atoms with E-state index in [1.165, 1.54) is 0 Å². The molecular weight excluding hydrogens is 839 g/mol. The van der Waals surface area contributed by atoms with Crippen LogP contribution in [0.2, 0.25) is 0 Å². The van der Waals surface area contributed by atoms with Crippen LogP contribution in [-0.2, 0) is 22.7 Å². The van der Waals surface area contributed by atoms with E-state index in [9.17, 15) is 9.59 Å². The zero-order valence-corrected chi connectivity index (χ0v) is 28.1. The normalized spacial score (nSPS) is 15.3. The number of amides is 2. The molecule has 3 aliphatic heterocycles. The Morgan fingerprint density at radius 3 is 1.62 bits per heavy atom. The lowest BCUT2D eigenvalue weighted by atomic mass is 10.0. The highest BCUT2D eigenvalue weighted by atomic mass is 128. The Balaban J connectivity index is 0.000000220. The number of aliphatic imine (C=N–C) groups is 1. The van der Waals surface area contributed by atoms with Crippen LogP contribution in [0.25, 0.3) is 0 Å². The number of nitrogens with zero attached hydrogens (tertiary/aromatic N) is 3. The fraction of sp³-hybridized carbons (Fsp3) is 0.393. The highest BCUT2D eigenvalue weighted by Gasteiger charge is 2.31. The lowest BCUT2D eigenvalue weighted by Gasteiger charge is -2.37. The van der Waals surface area contributed by atoms with Crippen LogP contribution in [0.3, 0.4) is 0 Å². The standard InChI is InChI=1S/C12H14INO2.C12H15NO3.C4H5N.I2/c13-6-11-7-14(8-11)12(15)16-9-10-4-2-1-3-5-10;14-8-11-6-13(7-11)12(15)16-9-10-4-2-1-3-5-10;1-2-4-5-3-1;1-2/h1-5,11H,6-9H2;1-5,11,14H,6-9H2;1,3-4H,2H2;. The Kier molecular flexibility index (Phi) is 17.7. The number of hydrogen-bond donors (Lipinski definition) is 1. The number of halogens is 3. The Morgan fingerprint density at radius 2 is 1.28 bits per heavy atom. The molecule has 0 spiro atoms. The number of alkyl halides is 1. The van der Waals surface area contributed by atoms with E-state index in [4.69, 9.17) is 14.6 Å². The number of likely N-dealkylation sites (tertiary alicyclic amines) is 2. The van der Waals surface area contributed by atoms with E-state index in [-0.39, 0.29) is 24.7 Å². The number of ether oxygens (including phenoxy) is 2. The molecule has 2 amide bonds. The van der Waals surface area contributed by atoms with Crippen LogP contribution >= 0.6 is 59.8 Å². The second kappa shape index (κ2) is 20.4. The summed E-state index contributed by atoms with van der Waals surface area (Å²) in [5.74, 6) is 0.883. The molecule has 3 aliphatic rings. The summed E-state index contributed by atoms with van der Waals surface area (Å²) in [4.78, 5) is 30.2. The van der Waals surface area contributed by atoms with Crippen molar-refractivity contribution in [3.8, 4) is 0 Å². The van der Waals surface area contributed by atoms with Crippen LogP contribution in [0.15, 0.2) is 77.9 Å². The van der Waals surface area contributed by atoms with Gasteiger partial charge in [-0.25, -0.2) is 9.59 Å². The first kappa shape index (κ1) is 33.7. The van der Waals surface area contributed by atoms with Crippen molar-refractivity contribution in [3.05, 3.63) is 84.1 Å². The topological polar surface area (TPSA) is 91.7 Å². The molecule has 0 aromatic heterocycles. The molecule has 3 heterocycles. The lowest BCUT2D eigenvalue weighted by Crippen LogP contribution is -2.51. The maximum Gasteiger partial charge on any atom is 0.410 e. The van der Waals surface area contributed by atoms with Crippen LogP contribution in [0, 0.1) is 11.8 Å². The highest BCUT2D eigenvalue weighted by molar-refractivity contribution is 15.0. The molecular formula is C28H34I3N3O5. The Bertz CT molecular complexity index is 934. The van der Waals surface area contributed by atoms with E-state index in [1.807, 2.05) is 73.0 Å². The van der Waals surface area contributed by atoms with Gasteiger partial charge in [0.15, 0.2) is 0 Å². The van der Waals surface area contributed by atoms with Gasteiger partial charge >= 0.3 is 12.2 Å². The quantitative estimate of drug-likeness (QED) is 0.259. The van der Waals surface area contributed by atoms with E-state index >= 15 is 0 Å². The van der Waals surface area contributed by atoms with E-state index in [0.29, 0.717) is 32.2 Å². The molecule has 0 atom stereocenters. The summed E-state index contributed by atoms with van der Waals surface area (Å²) in [6.45, 7) is 3.70. The molecule has 39 heavy (non-hydrogen) atoms. The largest absolute Gasteiger partial charge is 0.445 e. The average molecular weight is 873 g/mol. The van der Waals surface area contributed by atoms with Gasteiger partial charge in [0.1, 0.15) is 13.2 Å². The van der Waals surface area contributed by atoms with Crippen molar-refractivity contribution in [2.45, 2.75) is 19.6 Å². The third kappa shape index (κ3) is 13.2. The zero-order chi connectivity index (χ0) is 28.3. The maximum absolute atomic E-state index is 11.6. The van der Waals surface area contributed by atoms with Crippen LogP contribution in [0.4, 0.5) is 9.59 Å². The van der Waals surface area contributed by atoms with Gasteiger partial charge in [-0.15, -0.1) is 0 Å². The zero-order valence-electron chi connectivity index (χ0n) is 21.6. The van der Waals surface area contributed by atoms with Crippen LogP contribution < -0.4 is 0 Å². The van der Waals surface area contributed by atoms with Gasteiger partial charge in [0.2, 0.25) is 0 Å². The van der Waals surface area contributed by atoms with Crippen molar-refractivity contribution >= 4 is 78.2 Å². The molecule has 11 heteroatoms. The molecule has 212 valence electrons. The number of allylic oxidation sites excluding steroid dienone is 1. The van der Waals surface area contributed by atoms with Crippen molar-refractivity contribution in [1.82, 2.24) is 9.80 Å². The lowest BCUT2D eigenvalue weighted by molar-refractivity contribution is 0.0302. The molecule has 0 bridgehead atoms. The summed E-state index contributed by atoms with van der Waals surface area (Å²) >= 11 is 6.59. The van der Waals surface area contributed by atoms with Gasteiger partial charge in [0.25, 0.3) is 0 Å². The van der Waals surface area contributed by atoms with Crippen molar-refractivity contribution < 1.29 is 24.2 Å².